The van der Waals surface area contributed by atoms with Crippen LogP contribution in [0.3, 0.4) is 0 Å². The Morgan fingerprint density at radius 3 is 2.13 bits per heavy atom. The largest absolute Gasteiger partial charge is 0.366 e. The zero-order valence-corrected chi connectivity index (χ0v) is 14.0. The van der Waals surface area contributed by atoms with Crippen LogP contribution in [0.25, 0.3) is 0 Å². The number of anilines is 1. The van der Waals surface area contributed by atoms with Gasteiger partial charge in [-0.25, -0.2) is 4.98 Å². The van der Waals surface area contributed by atoms with Gasteiger partial charge in [0.05, 0.1) is 0 Å². The Morgan fingerprint density at radius 2 is 1.52 bits per heavy atom. The van der Waals surface area contributed by atoms with Crippen molar-refractivity contribution in [1.29, 1.82) is 0 Å². The van der Waals surface area contributed by atoms with Crippen molar-refractivity contribution in [3.8, 4) is 0 Å². The molecular weight excluding hydrogens is 282 g/mol. The Bertz CT molecular complexity index is 709. The number of pyridine rings is 2. The van der Waals surface area contributed by atoms with Gasteiger partial charge >= 0.3 is 0 Å². The van der Waals surface area contributed by atoms with Crippen molar-refractivity contribution in [1.82, 2.24) is 9.97 Å². The molecule has 0 atom stereocenters. The van der Waals surface area contributed by atoms with E-state index in [4.69, 9.17) is 0 Å². The van der Waals surface area contributed by atoms with Crippen molar-refractivity contribution in [3.05, 3.63) is 89.4 Å². The summed E-state index contributed by atoms with van der Waals surface area (Å²) >= 11 is 0. The number of aromatic nitrogens is 2. The molecule has 0 saturated carbocycles. The molecule has 0 radical (unpaired) electrons. The van der Waals surface area contributed by atoms with Crippen molar-refractivity contribution in [2.45, 2.75) is 27.3 Å². The molecule has 0 fully saturated rings. The van der Waals surface area contributed by atoms with Crippen LogP contribution in [0.15, 0.2) is 67.0 Å². The highest BCUT2D eigenvalue weighted by Crippen LogP contribution is 2.15. The summed E-state index contributed by atoms with van der Waals surface area (Å²) in [7, 11) is 0. The van der Waals surface area contributed by atoms with Crippen LogP contribution in [0.1, 0.15) is 22.4 Å². The standard InChI is InChI=1S/C14H16N2.C6H7N/c1-11-8-9-15-14(12(11)2)16-10-13-6-4-3-5-7-13;1-6-4-2-3-5-7-6/h3-9H,10H2,1-2H3,(H,15,16);2-5H,1H3. The summed E-state index contributed by atoms with van der Waals surface area (Å²) in [6, 6.07) is 18.2. The number of aryl methyl sites for hydroxylation is 2. The minimum absolute atomic E-state index is 0.818. The lowest BCUT2D eigenvalue weighted by molar-refractivity contribution is 1.09. The molecule has 2 heterocycles. The van der Waals surface area contributed by atoms with E-state index in [2.05, 4.69) is 41.3 Å². The molecule has 0 unspecified atom stereocenters. The van der Waals surface area contributed by atoms with Gasteiger partial charge in [-0.1, -0.05) is 36.4 Å². The maximum atomic E-state index is 4.34. The van der Waals surface area contributed by atoms with E-state index in [9.17, 15) is 0 Å². The molecule has 23 heavy (non-hydrogen) atoms. The Morgan fingerprint density at radius 1 is 0.783 bits per heavy atom. The maximum Gasteiger partial charge on any atom is 0.129 e. The molecule has 1 aromatic carbocycles. The fourth-order valence-corrected chi connectivity index (χ4v) is 2.04. The highest BCUT2D eigenvalue weighted by Gasteiger charge is 2.01. The van der Waals surface area contributed by atoms with Gasteiger partial charge in [0.1, 0.15) is 5.82 Å². The molecule has 0 spiro atoms. The van der Waals surface area contributed by atoms with E-state index in [1.54, 1.807) is 6.20 Å². The molecule has 0 aliphatic rings. The molecule has 0 saturated heterocycles. The quantitative estimate of drug-likeness (QED) is 0.762. The number of nitrogens with zero attached hydrogens (tertiary/aromatic N) is 2. The third-order valence-corrected chi connectivity index (χ3v) is 3.59. The first-order chi connectivity index (χ1) is 11.2. The molecule has 0 bridgehead atoms. The van der Waals surface area contributed by atoms with E-state index in [1.807, 2.05) is 55.6 Å². The minimum atomic E-state index is 0.818. The topological polar surface area (TPSA) is 37.8 Å². The highest BCUT2D eigenvalue weighted by molar-refractivity contribution is 5.47. The Labute approximate surface area is 138 Å². The lowest BCUT2D eigenvalue weighted by Crippen LogP contribution is -2.03. The molecule has 3 heteroatoms. The van der Waals surface area contributed by atoms with Crippen molar-refractivity contribution < 1.29 is 0 Å². The number of benzene rings is 1. The van der Waals surface area contributed by atoms with Crippen LogP contribution in [-0.4, -0.2) is 9.97 Å². The molecule has 0 amide bonds. The van der Waals surface area contributed by atoms with Crippen molar-refractivity contribution >= 4 is 5.82 Å². The van der Waals surface area contributed by atoms with E-state index in [1.165, 1.54) is 16.7 Å². The van der Waals surface area contributed by atoms with E-state index in [-0.39, 0.29) is 0 Å². The summed E-state index contributed by atoms with van der Waals surface area (Å²) in [6.07, 6.45) is 3.63. The lowest BCUT2D eigenvalue weighted by Gasteiger charge is -2.09. The summed E-state index contributed by atoms with van der Waals surface area (Å²) in [5, 5.41) is 3.36. The molecule has 0 aliphatic carbocycles. The zero-order valence-electron chi connectivity index (χ0n) is 14.0. The fraction of sp³-hybridized carbons (Fsp3) is 0.200. The van der Waals surface area contributed by atoms with Gasteiger partial charge in [0.15, 0.2) is 0 Å². The van der Waals surface area contributed by atoms with Gasteiger partial charge in [-0.3, -0.25) is 4.98 Å². The van der Waals surface area contributed by atoms with Crippen molar-refractivity contribution in [2.24, 2.45) is 0 Å². The van der Waals surface area contributed by atoms with E-state index in [0.717, 1.165) is 18.1 Å². The Balaban J connectivity index is 0.000000229. The normalized spacial score (nSPS) is 9.70. The SMILES string of the molecule is Cc1ccccn1.Cc1ccnc(NCc2ccccc2)c1C. The number of hydrogen-bond acceptors (Lipinski definition) is 3. The fourth-order valence-electron chi connectivity index (χ4n) is 2.04. The first-order valence-corrected chi connectivity index (χ1v) is 7.74. The molecule has 3 rings (SSSR count). The minimum Gasteiger partial charge on any atom is -0.366 e. The van der Waals surface area contributed by atoms with Gasteiger partial charge in [0, 0.05) is 24.6 Å². The Kier molecular flexibility index (Phi) is 6.30. The van der Waals surface area contributed by atoms with Crippen LogP contribution in [0.2, 0.25) is 0 Å². The van der Waals surface area contributed by atoms with Crippen LogP contribution >= 0.6 is 0 Å². The predicted molar refractivity (Wildman–Crippen MR) is 96.5 cm³/mol. The third kappa shape index (κ3) is 5.55. The van der Waals surface area contributed by atoms with Gasteiger partial charge in [-0.15, -0.1) is 0 Å². The maximum absolute atomic E-state index is 4.34. The average Bonchev–Trinajstić information content (AvgIpc) is 2.58. The van der Waals surface area contributed by atoms with E-state index in [0.29, 0.717) is 0 Å². The van der Waals surface area contributed by atoms with Gasteiger partial charge in [0.2, 0.25) is 0 Å². The van der Waals surface area contributed by atoms with Crippen LogP contribution in [-0.2, 0) is 6.54 Å². The smallest absolute Gasteiger partial charge is 0.129 e. The molecule has 0 aliphatic heterocycles. The summed E-state index contributed by atoms with van der Waals surface area (Å²) < 4.78 is 0. The first-order valence-electron chi connectivity index (χ1n) is 7.74. The average molecular weight is 305 g/mol. The zero-order chi connectivity index (χ0) is 16.5. The second-order valence-electron chi connectivity index (χ2n) is 5.41. The number of hydrogen-bond donors (Lipinski definition) is 1. The van der Waals surface area contributed by atoms with Gasteiger partial charge in [-0.2, -0.15) is 0 Å². The third-order valence-electron chi connectivity index (χ3n) is 3.59. The van der Waals surface area contributed by atoms with Crippen molar-refractivity contribution in [2.75, 3.05) is 5.32 Å². The lowest BCUT2D eigenvalue weighted by atomic mass is 10.1. The van der Waals surface area contributed by atoms with Gasteiger partial charge < -0.3 is 5.32 Å². The van der Waals surface area contributed by atoms with Crippen LogP contribution in [0.5, 0.6) is 0 Å². The van der Waals surface area contributed by atoms with Crippen LogP contribution in [0, 0.1) is 20.8 Å². The number of nitrogens with one attached hydrogen (secondary N) is 1. The highest BCUT2D eigenvalue weighted by atomic mass is 15.0. The van der Waals surface area contributed by atoms with Gasteiger partial charge in [-0.05, 0) is 55.7 Å². The molecule has 118 valence electrons. The van der Waals surface area contributed by atoms with Crippen LogP contribution in [0.4, 0.5) is 5.82 Å². The second-order valence-corrected chi connectivity index (χ2v) is 5.41. The molecule has 3 nitrogen and oxygen atoms in total. The van der Waals surface area contributed by atoms with Crippen molar-refractivity contribution in [3.63, 3.8) is 0 Å². The molecular formula is C20H23N3. The molecule has 3 aromatic rings. The summed E-state index contributed by atoms with van der Waals surface area (Å²) in [5.41, 5.74) is 4.83. The first kappa shape index (κ1) is 16.7. The number of rotatable bonds is 3. The second kappa shape index (κ2) is 8.69. The molecule has 2 aromatic heterocycles. The van der Waals surface area contributed by atoms with E-state index < -0.39 is 0 Å². The summed E-state index contributed by atoms with van der Waals surface area (Å²) in [5.74, 6) is 0.976. The molecule has 1 N–H and O–H groups in total. The van der Waals surface area contributed by atoms with Crippen LogP contribution < -0.4 is 5.32 Å². The summed E-state index contributed by atoms with van der Waals surface area (Å²) in [6.45, 7) is 6.98. The predicted octanol–water partition coefficient (Wildman–Crippen LogP) is 4.70. The Hall–Kier alpha value is -2.68. The van der Waals surface area contributed by atoms with Gasteiger partial charge in [0.25, 0.3) is 0 Å². The summed E-state index contributed by atoms with van der Waals surface area (Å²) in [4.78, 5) is 8.32. The monoisotopic (exact) mass is 305 g/mol. The van der Waals surface area contributed by atoms with E-state index >= 15 is 0 Å².